The summed E-state index contributed by atoms with van der Waals surface area (Å²) in [5, 5.41) is 16.7. The van der Waals surface area contributed by atoms with E-state index in [1.54, 1.807) is 12.4 Å². The van der Waals surface area contributed by atoms with Crippen LogP contribution in [0.3, 0.4) is 0 Å². The Hall–Kier alpha value is -5.82. The van der Waals surface area contributed by atoms with E-state index in [1.807, 2.05) is 38.1 Å². The molecule has 0 saturated carbocycles. The number of carbonyl (C=O) groups excluding carboxylic acids is 2. The average Bonchev–Trinajstić information content (AvgIpc) is 3.98. The minimum atomic E-state index is -0.671. The molecule has 5 heterocycles. The van der Waals surface area contributed by atoms with Crippen molar-refractivity contribution in [1.82, 2.24) is 19.9 Å². The van der Waals surface area contributed by atoms with Gasteiger partial charge < -0.3 is 34.9 Å². The number of imidazole rings is 2. The first-order valence-electron chi connectivity index (χ1n) is 25.2. The number of hydrogen-bond acceptors (Lipinski definition) is 7. The maximum Gasteiger partial charge on any atom is 0.291 e. The van der Waals surface area contributed by atoms with Crippen molar-refractivity contribution in [3.8, 4) is 6.07 Å². The Morgan fingerprint density at radius 2 is 1.10 bits per heavy atom. The second kappa shape index (κ2) is 18.1. The van der Waals surface area contributed by atoms with Gasteiger partial charge in [-0.1, -0.05) is 45.9 Å². The minimum absolute atomic E-state index is 0.257. The number of carbonyl (C=O) groups is 2. The normalized spacial score (nSPS) is 26.8. The van der Waals surface area contributed by atoms with Crippen LogP contribution in [-0.4, -0.2) is 54.2 Å². The number of rotatable bonds is 8. The molecular weight excluding hydrogens is 873 g/mol. The fourth-order valence-electron chi connectivity index (χ4n) is 12.3. The van der Waals surface area contributed by atoms with E-state index >= 15 is 0 Å². The molecule has 4 aromatic rings. The molecule has 2 amide bonds. The summed E-state index contributed by atoms with van der Waals surface area (Å²) in [6.45, 7) is 33.8. The van der Waals surface area contributed by atoms with E-state index in [4.69, 9.17) is 16.0 Å². The van der Waals surface area contributed by atoms with Gasteiger partial charge in [-0.05, 0) is 177 Å². The number of anilines is 2. The zero-order valence-electron chi connectivity index (χ0n) is 43.7. The summed E-state index contributed by atoms with van der Waals surface area (Å²) >= 11 is 0. The predicted molar refractivity (Wildman–Crippen MR) is 277 cm³/mol. The standard InChI is InChI=1S/C29H36N4O2.C29H38N4O2/c1-19-16-31-24(32-19)25(34)33-23-8-7-21(15-22(23)20-9-11-26(2,3)12-10-20)29(30-6)17-27(4)13-14-28(5,18-29)35-27;1-19-15-31-24(32-19)25(34)33-23-9-8-21(14-22(23)20-10-12-26(2,3)13-11-20)29(18-30)16-27(4,5)35-28(6,7)17-29/h7-9,15-16H,10-14,17-18H2,1-5H3,(H,31,32)(H,33,34);8-10,14-15H,11-13,16-17H2,1-7H3,(H,31,32)(H,33,34)/t27-,28?,29?;/m1./s1. The van der Waals surface area contributed by atoms with Gasteiger partial charge in [0.2, 0.25) is 0 Å². The summed E-state index contributed by atoms with van der Waals surface area (Å²) in [7, 11) is 0. The van der Waals surface area contributed by atoms with Crippen molar-refractivity contribution >= 4 is 34.3 Å². The smallest absolute Gasteiger partial charge is 0.291 e. The van der Waals surface area contributed by atoms with Crippen LogP contribution in [0.2, 0.25) is 0 Å². The second-order valence-electron chi connectivity index (χ2n) is 24.6. The van der Waals surface area contributed by atoms with Crippen LogP contribution in [0.1, 0.15) is 201 Å². The number of nitriles is 1. The molecule has 5 aliphatic rings. The lowest BCUT2D eigenvalue weighted by Gasteiger charge is -2.49. The Morgan fingerprint density at radius 3 is 1.49 bits per heavy atom. The summed E-state index contributed by atoms with van der Waals surface area (Å²) in [5.74, 6) is 0.0634. The summed E-state index contributed by atoms with van der Waals surface area (Å²) in [5.41, 5.74) is 7.55. The Morgan fingerprint density at radius 1 is 0.657 bits per heavy atom. The molecule has 370 valence electrons. The molecule has 0 radical (unpaired) electrons. The maximum atomic E-state index is 13.0. The van der Waals surface area contributed by atoms with Crippen LogP contribution < -0.4 is 10.6 Å². The van der Waals surface area contributed by atoms with E-state index in [-0.39, 0.29) is 39.7 Å². The molecule has 2 aliphatic carbocycles. The van der Waals surface area contributed by atoms with Gasteiger partial charge in [-0.2, -0.15) is 5.26 Å². The van der Waals surface area contributed by atoms with Crippen LogP contribution in [-0.2, 0) is 20.4 Å². The number of aromatic nitrogens is 4. The van der Waals surface area contributed by atoms with E-state index < -0.39 is 22.2 Å². The van der Waals surface area contributed by atoms with Gasteiger partial charge in [0.05, 0.1) is 46.7 Å². The third-order valence-electron chi connectivity index (χ3n) is 15.5. The highest BCUT2D eigenvalue weighted by Crippen LogP contribution is 2.57. The lowest BCUT2D eigenvalue weighted by atomic mass is 9.65. The predicted octanol–water partition coefficient (Wildman–Crippen LogP) is 13.5. The number of aromatic amines is 2. The van der Waals surface area contributed by atoms with E-state index in [0.717, 1.165) is 96.4 Å². The quantitative estimate of drug-likeness (QED) is 0.128. The lowest BCUT2D eigenvalue weighted by molar-refractivity contribution is -0.172. The summed E-state index contributed by atoms with van der Waals surface area (Å²) in [6, 6.07) is 14.9. The SMILES string of the molecule is Cc1cnc(C(=O)Nc2ccc(C3(C#N)CC(C)(C)OC(C)(C)C3)cc2C2=CCC(C)(C)CC2)[nH]1.[C-]#[N+]C1(c2ccc(NC(=O)c3ncc(C)[nH]3)c(C3=CCC(C)(C)CC3)c2)CC2(C)CC[C@](C)(C1)O2. The van der Waals surface area contributed by atoms with Crippen molar-refractivity contribution in [2.45, 2.75) is 193 Å². The highest BCUT2D eigenvalue weighted by atomic mass is 16.5. The monoisotopic (exact) mass is 947 g/mol. The number of nitrogens with one attached hydrogen (secondary N) is 4. The molecule has 2 aromatic carbocycles. The first-order valence-corrected chi connectivity index (χ1v) is 25.2. The molecule has 3 aliphatic heterocycles. The van der Waals surface area contributed by atoms with Gasteiger partial charge in [-0.3, -0.25) is 9.59 Å². The van der Waals surface area contributed by atoms with Gasteiger partial charge in [0.25, 0.3) is 17.4 Å². The molecule has 70 heavy (non-hydrogen) atoms. The fourth-order valence-corrected chi connectivity index (χ4v) is 12.3. The summed E-state index contributed by atoms with van der Waals surface area (Å²) < 4.78 is 12.7. The molecule has 12 heteroatoms. The van der Waals surface area contributed by atoms with Gasteiger partial charge >= 0.3 is 0 Å². The number of aryl methyl sites for hydroxylation is 2. The maximum absolute atomic E-state index is 13.0. The van der Waals surface area contributed by atoms with Crippen LogP contribution in [0.15, 0.2) is 60.9 Å². The summed E-state index contributed by atoms with van der Waals surface area (Å²) in [6.07, 6.45) is 18.5. The molecule has 2 aromatic heterocycles. The van der Waals surface area contributed by atoms with E-state index in [0.29, 0.717) is 31.5 Å². The molecule has 3 fully saturated rings. The number of allylic oxidation sites excluding steroid dienone is 4. The van der Waals surface area contributed by atoms with E-state index in [2.05, 4.69) is 135 Å². The van der Waals surface area contributed by atoms with Gasteiger partial charge in [0.15, 0.2) is 11.6 Å². The third kappa shape index (κ3) is 10.7. The number of nitrogens with zero attached hydrogens (tertiary/aromatic N) is 4. The Bertz CT molecular complexity index is 2660. The zero-order chi connectivity index (χ0) is 50.7. The van der Waals surface area contributed by atoms with Crippen LogP contribution >= 0.6 is 0 Å². The molecule has 2 bridgehead atoms. The molecular formula is C58H74N8O4. The van der Waals surface area contributed by atoms with E-state index in [9.17, 15) is 14.9 Å². The molecule has 9 rings (SSSR count). The van der Waals surface area contributed by atoms with E-state index in [1.165, 1.54) is 11.1 Å². The Kier molecular flexibility index (Phi) is 13.1. The molecule has 3 atom stereocenters. The number of benzene rings is 2. The molecule has 12 nitrogen and oxygen atoms in total. The fraction of sp³-hybridized carbons (Fsp3) is 0.552. The van der Waals surface area contributed by atoms with Gasteiger partial charge in [-0.25, -0.2) is 16.5 Å². The third-order valence-corrected chi connectivity index (χ3v) is 15.5. The molecule has 4 N–H and O–H groups in total. The average molecular weight is 947 g/mol. The van der Waals surface area contributed by atoms with Crippen LogP contribution in [0.5, 0.6) is 0 Å². The van der Waals surface area contributed by atoms with Crippen LogP contribution in [0.25, 0.3) is 16.0 Å². The zero-order valence-corrected chi connectivity index (χ0v) is 43.7. The minimum Gasteiger partial charge on any atom is -0.370 e. The topological polar surface area (TPSA) is 162 Å². The van der Waals surface area contributed by atoms with Crippen LogP contribution in [0.4, 0.5) is 11.4 Å². The summed E-state index contributed by atoms with van der Waals surface area (Å²) in [4.78, 5) is 44.6. The van der Waals surface area contributed by atoms with Gasteiger partial charge in [0, 0.05) is 51.8 Å². The molecule has 3 saturated heterocycles. The highest BCUT2D eigenvalue weighted by molar-refractivity contribution is 6.04. The largest absolute Gasteiger partial charge is 0.370 e. The highest BCUT2D eigenvalue weighted by Gasteiger charge is 2.61. The number of fused-ring (bicyclic) bond motifs is 2. The first kappa shape index (κ1) is 50.6. The number of H-pyrrole nitrogens is 2. The van der Waals surface area contributed by atoms with Crippen molar-refractivity contribution in [2.75, 3.05) is 10.6 Å². The second-order valence-corrected chi connectivity index (χ2v) is 24.6. The lowest BCUT2D eigenvalue weighted by Crippen LogP contribution is -2.52. The van der Waals surface area contributed by atoms with Crippen molar-refractivity contribution in [2.24, 2.45) is 10.8 Å². The van der Waals surface area contributed by atoms with Gasteiger partial charge in [0.1, 0.15) is 0 Å². The number of ether oxygens (including phenoxy) is 2. The van der Waals surface area contributed by atoms with Gasteiger partial charge in [-0.15, -0.1) is 0 Å². The first-order chi connectivity index (χ1) is 32.7. The number of hydrogen-bond donors (Lipinski definition) is 4. The van der Waals surface area contributed by atoms with Crippen LogP contribution in [0, 0.1) is 42.6 Å². The Balaban J connectivity index is 0.000000188. The molecule has 2 unspecified atom stereocenters. The van der Waals surface area contributed by atoms with Crippen molar-refractivity contribution in [1.29, 1.82) is 5.26 Å². The Labute approximate surface area is 415 Å². The van der Waals surface area contributed by atoms with Crippen molar-refractivity contribution < 1.29 is 19.1 Å². The number of amides is 2. The van der Waals surface area contributed by atoms with Crippen molar-refractivity contribution in [3.05, 3.63) is 118 Å². The van der Waals surface area contributed by atoms with Crippen molar-refractivity contribution in [3.63, 3.8) is 0 Å². The molecule has 0 spiro atoms.